The molecule has 1 aliphatic carbocycles. The minimum absolute atomic E-state index is 0.0647. The molecule has 0 saturated heterocycles. The van der Waals surface area contributed by atoms with Gasteiger partial charge >= 0.3 is 0 Å². The van der Waals surface area contributed by atoms with Crippen LogP contribution in [0.15, 0.2) is 59.4 Å². The zero-order chi connectivity index (χ0) is 16.2. The Morgan fingerprint density at radius 3 is 2.61 bits per heavy atom. The molecule has 1 heterocycles. The molecule has 2 aromatic rings. The van der Waals surface area contributed by atoms with Gasteiger partial charge in [-0.2, -0.15) is 0 Å². The highest BCUT2D eigenvalue weighted by Crippen LogP contribution is 2.18. The number of hydrogen-bond acceptors (Lipinski definition) is 3. The molecule has 0 radical (unpaired) electrons. The predicted molar refractivity (Wildman–Crippen MR) is 88.1 cm³/mol. The van der Waals surface area contributed by atoms with Gasteiger partial charge in [-0.15, -0.1) is 0 Å². The summed E-state index contributed by atoms with van der Waals surface area (Å²) in [5.41, 5.74) is 1.24. The molecule has 0 spiro atoms. The summed E-state index contributed by atoms with van der Waals surface area (Å²) in [6.45, 7) is 0.0647. The van der Waals surface area contributed by atoms with Crippen LogP contribution >= 0.6 is 0 Å². The third-order valence-corrected chi connectivity index (χ3v) is 3.96. The molecule has 118 valence electrons. The molecule has 1 amide bonds. The molecule has 23 heavy (non-hydrogen) atoms. The van der Waals surface area contributed by atoms with Gasteiger partial charge in [-0.1, -0.05) is 42.5 Å². The fraction of sp³-hybridized carbons (Fsp3) is 0.222. The van der Waals surface area contributed by atoms with E-state index in [0.29, 0.717) is 12.1 Å². The highest BCUT2D eigenvalue weighted by Gasteiger charge is 2.21. The van der Waals surface area contributed by atoms with E-state index in [1.165, 1.54) is 0 Å². The Labute approximate surface area is 133 Å². The van der Waals surface area contributed by atoms with Crippen molar-refractivity contribution in [2.45, 2.75) is 12.5 Å². The quantitative estimate of drug-likeness (QED) is 0.752. The second-order valence-corrected chi connectivity index (χ2v) is 5.62. The maximum atomic E-state index is 12.2. The summed E-state index contributed by atoms with van der Waals surface area (Å²) in [5.74, 6) is -0.335. The SMILES string of the molecule is O=C(N[C@@H]1C=C[C@H](CO)C1)c1ccc(-c2ccccc2)[nH]c1=O. The molecule has 0 aliphatic heterocycles. The molecule has 5 nitrogen and oxygen atoms in total. The van der Waals surface area contributed by atoms with E-state index < -0.39 is 11.5 Å². The van der Waals surface area contributed by atoms with E-state index in [9.17, 15) is 9.59 Å². The zero-order valence-corrected chi connectivity index (χ0v) is 12.5. The molecule has 3 rings (SSSR count). The van der Waals surface area contributed by atoms with Crippen molar-refractivity contribution in [3.05, 3.63) is 70.5 Å². The van der Waals surface area contributed by atoms with E-state index in [1.807, 2.05) is 42.5 Å². The van der Waals surface area contributed by atoms with Crippen molar-refractivity contribution in [3.63, 3.8) is 0 Å². The van der Waals surface area contributed by atoms with Gasteiger partial charge in [0.05, 0.1) is 0 Å². The number of pyridine rings is 1. The van der Waals surface area contributed by atoms with E-state index in [2.05, 4.69) is 10.3 Å². The number of H-pyrrole nitrogens is 1. The number of carbonyl (C=O) groups excluding carboxylic acids is 1. The Morgan fingerprint density at radius 1 is 1.17 bits per heavy atom. The van der Waals surface area contributed by atoms with Crippen LogP contribution in [-0.2, 0) is 0 Å². The van der Waals surface area contributed by atoms with Crippen LogP contribution in [0, 0.1) is 5.92 Å². The lowest BCUT2D eigenvalue weighted by atomic mass is 10.1. The van der Waals surface area contributed by atoms with E-state index in [-0.39, 0.29) is 24.1 Å². The molecular weight excluding hydrogens is 292 g/mol. The number of aliphatic hydroxyl groups excluding tert-OH is 1. The average molecular weight is 310 g/mol. The number of aromatic nitrogens is 1. The molecule has 0 unspecified atom stereocenters. The van der Waals surface area contributed by atoms with E-state index in [4.69, 9.17) is 5.11 Å². The van der Waals surface area contributed by atoms with Crippen LogP contribution in [0.2, 0.25) is 0 Å². The minimum atomic E-state index is -0.412. The Bertz CT molecular complexity index is 780. The summed E-state index contributed by atoms with van der Waals surface area (Å²) < 4.78 is 0. The van der Waals surface area contributed by atoms with Crippen LogP contribution in [0.4, 0.5) is 0 Å². The van der Waals surface area contributed by atoms with Crippen LogP contribution in [0.1, 0.15) is 16.8 Å². The molecule has 2 atom stereocenters. The van der Waals surface area contributed by atoms with Crippen molar-refractivity contribution in [2.75, 3.05) is 6.61 Å². The number of hydrogen-bond donors (Lipinski definition) is 3. The molecule has 0 bridgehead atoms. The first-order valence-corrected chi connectivity index (χ1v) is 7.56. The van der Waals surface area contributed by atoms with Crippen LogP contribution in [0.3, 0.4) is 0 Å². The van der Waals surface area contributed by atoms with Crippen molar-refractivity contribution >= 4 is 5.91 Å². The van der Waals surface area contributed by atoms with Gasteiger partial charge < -0.3 is 15.4 Å². The second-order valence-electron chi connectivity index (χ2n) is 5.62. The number of rotatable bonds is 4. The topological polar surface area (TPSA) is 82.2 Å². The van der Waals surface area contributed by atoms with Crippen molar-refractivity contribution in [1.29, 1.82) is 0 Å². The minimum Gasteiger partial charge on any atom is -0.396 e. The van der Waals surface area contributed by atoms with Gasteiger partial charge in [-0.25, -0.2) is 0 Å². The van der Waals surface area contributed by atoms with Crippen LogP contribution in [0.5, 0.6) is 0 Å². The van der Waals surface area contributed by atoms with Crippen molar-refractivity contribution in [2.24, 2.45) is 5.92 Å². The van der Waals surface area contributed by atoms with Gasteiger partial charge in [-0.3, -0.25) is 9.59 Å². The normalized spacial score (nSPS) is 19.7. The first-order chi connectivity index (χ1) is 11.2. The molecule has 1 aromatic heterocycles. The lowest BCUT2D eigenvalue weighted by Gasteiger charge is -2.12. The zero-order valence-electron chi connectivity index (χ0n) is 12.5. The Hall–Kier alpha value is -2.66. The third kappa shape index (κ3) is 3.40. The molecular formula is C18H18N2O3. The maximum Gasteiger partial charge on any atom is 0.261 e. The smallest absolute Gasteiger partial charge is 0.261 e. The van der Waals surface area contributed by atoms with Crippen molar-refractivity contribution < 1.29 is 9.90 Å². The van der Waals surface area contributed by atoms with E-state index in [1.54, 1.807) is 12.1 Å². The molecule has 5 heteroatoms. The fourth-order valence-electron chi connectivity index (χ4n) is 2.70. The number of aromatic amines is 1. The second kappa shape index (κ2) is 6.62. The summed E-state index contributed by atoms with van der Waals surface area (Å²) >= 11 is 0. The molecule has 1 aromatic carbocycles. The summed E-state index contributed by atoms with van der Waals surface area (Å²) in [4.78, 5) is 27.2. The first-order valence-electron chi connectivity index (χ1n) is 7.56. The summed E-state index contributed by atoms with van der Waals surface area (Å²) in [5, 5.41) is 11.9. The lowest BCUT2D eigenvalue weighted by molar-refractivity contribution is 0.0939. The largest absolute Gasteiger partial charge is 0.396 e. The van der Waals surface area contributed by atoms with Crippen LogP contribution in [0.25, 0.3) is 11.3 Å². The Balaban J connectivity index is 1.75. The average Bonchev–Trinajstić information content (AvgIpc) is 3.03. The van der Waals surface area contributed by atoms with Crippen LogP contribution in [-0.4, -0.2) is 28.6 Å². The predicted octanol–water partition coefficient (Wildman–Crippen LogP) is 1.71. The maximum absolute atomic E-state index is 12.2. The van der Waals surface area contributed by atoms with Gasteiger partial charge in [0.2, 0.25) is 0 Å². The lowest BCUT2D eigenvalue weighted by Crippen LogP contribution is -2.36. The Kier molecular flexibility index (Phi) is 4.39. The molecule has 0 fully saturated rings. The summed E-state index contributed by atoms with van der Waals surface area (Å²) in [6, 6.07) is 12.6. The first kappa shape index (κ1) is 15.2. The van der Waals surface area contributed by atoms with Crippen molar-refractivity contribution in [1.82, 2.24) is 10.3 Å². The number of carbonyl (C=O) groups is 1. The number of amides is 1. The van der Waals surface area contributed by atoms with Gasteiger partial charge in [0.1, 0.15) is 5.56 Å². The standard InChI is InChI=1S/C18H18N2O3/c21-11-12-6-7-14(10-12)19-17(22)15-8-9-16(20-18(15)23)13-4-2-1-3-5-13/h1-9,12,14,21H,10-11H2,(H,19,22)(H,20,23)/t12-,14+/m0/s1. The fourth-order valence-corrected chi connectivity index (χ4v) is 2.70. The Morgan fingerprint density at radius 2 is 1.96 bits per heavy atom. The van der Waals surface area contributed by atoms with Gasteiger partial charge in [0.15, 0.2) is 0 Å². The van der Waals surface area contributed by atoms with Gasteiger partial charge in [0.25, 0.3) is 11.5 Å². The summed E-state index contributed by atoms with van der Waals surface area (Å²) in [7, 11) is 0. The summed E-state index contributed by atoms with van der Waals surface area (Å²) in [6.07, 6.45) is 4.39. The number of benzene rings is 1. The molecule has 3 N–H and O–H groups in total. The number of nitrogens with one attached hydrogen (secondary N) is 2. The third-order valence-electron chi connectivity index (χ3n) is 3.96. The van der Waals surface area contributed by atoms with Crippen molar-refractivity contribution in [3.8, 4) is 11.3 Å². The van der Waals surface area contributed by atoms with Gasteiger partial charge in [0, 0.05) is 24.3 Å². The van der Waals surface area contributed by atoms with Crippen LogP contribution < -0.4 is 10.9 Å². The number of aliphatic hydroxyl groups is 1. The van der Waals surface area contributed by atoms with E-state index in [0.717, 1.165) is 5.56 Å². The molecule has 0 saturated carbocycles. The van der Waals surface area contributed by atoms with Gasteiger partial charge in [-0.05, 0) is 24.1 Å². The highest BCUT2D eigenvalue weighted by molar-refractivity contribution is 5.94. The van der Waals surface area contributed by atoms with E-state index >= 15 is 0 Å². The highest BCUT2D eigenvalue weighted by atomic mass is 16.3. The monoisotopic (exact) mass is 310 g/mol. The molecule has 1 aliphatic rings.